The zero-order valence-electron chi connectivity index (χ0n) is 16.2. The first-order valence-corrected chi connectivity index (χ1v) is 10.8. The molecule has 0 spiro atoms. The largest absolute Gasteiger partial charge is 0.465 e. The van der Waals surface area contributed by atoms with Crippen LogP contribution in [0, 0.1) is 10.1 Å². The molecule has 1 amide bonds. The zero-order chi connectivity index (χ0) is 21.9. The third kappa shape index (κ3) is 4.48. The van der Waals surface area contributed by atoms with Crippen LogP contribution in [-0.2, 0) is 14.6 Å². The standard InChI is InChI=1S/C20H20N2O7S/c1-29-20(24)14-10-13(11-16(12-14)22(25)26)19(23)21-15-6-8-18(9-7-15)30(27,28)17-4-2-3-5-17/h6-12,17H,2-5H2,1H3,(H,21,23). The Balaban J connectivity index is 1.81. The Morgan fingerprint density at radius 2 is 1.67 bits per heavy atom. The van der Waals surface area contributed by atoms with Gasteiger partial charge in [-0.2, -0.15) is 0 Å². The van der Waals surface area contributed by atoms with E-state index in [4.69, 9.17) is 0 Å². The van der Waals surface area contributed by atoms with Crippen molar-refractivity contribution < 1.29 is 27.7 Å². The van der Waals surface area contributed by atoms with Crippen LogP contribution in [0.3, 0.4) is 0 Å². The van der Waals surface area contributed by atoms with Gasteiger partial charge in [0.05, 0.1) is 27.7 Å². The van der Waals surface area contributed by atoms with Gasteiger partial charge in [-0.3, -0.25) is 14.9 Å². The highest BCUT2D eigenvalue weighted by Crippen LogP contribution is 2.30. The van der Waals surface area contributed by atoms with Crippen LogP contribution in [-0.4, -0.2) is 37.6 Å². The second-order valence-corrected chi connectivity index (χ2v) is 9.18. The topological polar surface area (TPSA) is 133 Å². The van der Waals surface area contributed by atoms with Crippen LogP contribution in [0.1, 0.15) is 46.4 Å². The fraction of sp³-hybridized carbons (Fsp3) is 0.300. The Kier molecular flexibility index (Phi) is 6.16. The molecule has 0 aromatic heterocycles. The van der Waals surface area contributed by atoms with Crippen molar-refractivity contribution in [1.82, 2.24) is 0 Å². The molecule has 1 N–H and O–H groups in total. The van der Waals surface area contributed by atoms with Crippen LogP contribution in [0.25, 0.3) is 0 Å². The van der Waals surface area contributed by atoms with Gasteiger partial charge < -0.3 is 10.1 Å². The van der Waals surface area contributed by atoms with Gasteiger partial charge >= 0.3 is 5.97 Å². The van der Waals surface area contributed by atoms with E-state index in [1.165, 1.54) is 30.3 Å². The molecule has 0 radical (unpaired) electrons. The van der Waals surface area contributed by atoms with Crippen molar-refractivity contribution in [1.29, 1.82) is 0 Å². The summed E-state index contributed by atoms with van der Waals surface area (Å²) in [6.07, 6.45) is 3.09. The van der Waals surface area contributed by atoms with Gasteiger partial charge in [0.15, 0.2) is 9.84 Å². The zero-order valence-corrected chi connectivity index (χ0v) is 17.0. The van der Waals surface area contributed by atoms with Crippen LogP contribution >= 0.6 is 0 Å². The molecule has 0 aliphatic heterocycles. The van der Waals surface area contributed by atoms with Gasteiger partial charge in [0, 0.05) is 23.4 Å². The normalized spacial score (nSPS) is 14.3. The number of carbonyl (C=O) groups is 2. The average molecular weight is 432 g/mol. The van der Waals surface area contributed by atoms with Crippen molar-refractivity contribution in [2.75, 3.05) is 12.4 Å². The first-order chi connectivity index (χ1) is 14.2. The smallest absolute Gasteiger partial charge is 0.338 e. The van der Waals surface area contributed by atoms with Crippen LogP contribution in [0.5, 0.6) is 0 Å². The number of hydrogen-bond donors (Lipinski definition) is 1. The van der Waals surface area contributed by atoms with E-state index in [1.54, 1.807) is 0 Å². The third-order valence-electron chi connectivity index (χ3n) is 4.99. The van der Waals surface area contributed by atoms with E-state index in [0.717, 1.165) is 32.1 Å². The van der Waals surface area contributed by atoms with E-state index in [2.05, 4.69) is 10.1 Å². The van der Waals surface area contributed by atoms with Gasteiger partial charge in [0.2, 0.25) is 0 Å². The maximum absolute atomic E-state index is 12.6. The minimum atomic E-state index is -3.41. The lowest BCUT2D eigenvalue weighted by Crippen LogP contribution is -2.18. The molecule has 2 aromatic carbocycles. The molecule has 3 rings (SSSR count). The lowest BCUT2D eigenvalue weighted by atomic mass is 10.1. The number of nitrogens with zero attached hydrogens (tertiary/aromatic N) is 1. The van der Waals surface area contributed by atoms with Gasteiger partial charge in [-0.05, 0) is 43.2 Å². The number of anilines is 1. The van der Waals surface area contributed by atoms with Gasteiger partial charge in [0.25, 0.3) is 11.6 Å². The molecule has 1 aliphatic rings. The molecule has 0 atom stereocenters. The fourth-order valence-corrected chi connectivity index (χ4v) is 5.26. The second kappa shape index (κ2) is 8.62. The Labute approximate surface area is 173 Å². The number of nitrogens with one attached hydrogen (secondary N) is 1. The van der Waals surface area contributed by atoms with Crippen molar-refractivity contribution in [3.8, 4) is 0 Å². The average Bonchev–Trinajstić information content (AvgIpc) is 3.29. The quantitative estimate of drug-likeness (QED) is 0.420. The number of carbonyl (C=O) groups excluding carboxylic acids is 2. The molecule has 158 valence electrons. The Hall–Kier alpha value is -3.27. The number of non-ortho nitro benzene ring substituents is 1. The van der Waals surface area contributed by atoms with Crippen LogP contribution < -0.4 is 5.32 Å². The summed E-state index contributed by atoms with van der Waals surface area (Å²) >= 11 is 0. The fourth-order valence-electron chi connectivity index (χ4n) is 3.41. The number of sulfone groups is 1. The number of hydrogen-bond acceptors (Lipinski definition) is 7. The predicted molar refractivity (Wildman–Crippen MR) is 108 cm³/mol. The molecular weight excluding hydrogens is 412 g/mol. The molecule has 1 aliphatic carbocycles. The highest BCUT2D eigenvalue weighted by atomic mass is 32.2. The molecule has 0 bridgehead atoms. The summed E-state index contributed by atoms with van der Waals surface area (Å²) in [4.78, 5) is 34.8. The summed E-state index contributed by atoms with van der Waals surface area (Å²) in [5, 5.41) is 13.3. The van der Waals surface area contributed by atoms with Crippen molar-refractivity contribution in [3.63, 3.8) is 0 Å². The minimum Gasteiger partial charge on any atom is -0.465 e. The maximum Gasteiger partial charge on any atom is 0.338 e. The Morgan fingerprint density at radius 1 is 1.07 bits per heavy atom. The van der Waals surface area contributed by atoms with E-state index in [9.17, 15) is 28.1 Å². The van der Waals surface area contributed by atoms with E-state index in [1.807, 2.05) is 0 Å². The van der Waals surface area contributed by atoms with Crippen LogP contribution in [0.2, 0.25) is 0 Å². The van der Waals surface area contributed by atoms with E-state index in [0.29, 0.717) is 18.5 Å². The summed E-state index contributed by atoms with van der Waals surface area (Å²) in [7, 11) is -2.28. The number of benzene rings is 2. The number of ether oxygens (including phenoxy) is 1. The summed E-state index contributed by atoms with van der Waals surface area (Å²) in [6, 6.07) is 9.02. The SMILES string of the molecule is COC(=O)c1cc(C(=O)Nc2ccc(S(=O)(=O)C3CCCC3)cc2)cc([N+](=O)[O-])c1. The van der Waals surface area contributed by atoms with E-state index < -0.39 is 32.3 Å². The number of amides is 1. The lowest BCUT2D eigenvalue weighted by molar-refractivity contribution is -0.384. The van der Waals surface area contributed by atoms with Crippen molar-refractivity contribution in [3.05, 3.63) is 63.7 Å². The van der Waals surface area contributed by atoms with E-state index in [-0.39, 0.29) is 21.3 Å². The molecule has 1 fully saturated rings. The molecule has 30 heavy (non-hydrogen) atoms. The van der Waals surface area contributed by atoms with Crippen molar-refractivity contribution in [2.45, 2.75) is 35.8 Å². The summed E-state index contributed by atoms with van der Waals surface area (Å²) in [5.41, 5.74) is -0.348. The Morgan fingerprint density at radius 3 is 2.23 bits per heavy atom. The highest BCUT2D eigenvalue weighted by molar-refractivity contribution is 7.92. The molecule has 2 aromatic rings. The van der Waals surface area contributed by atoms with Crippen molar-refractivity contribution in [2.24, 2.45) is 0 Å². The Bertz CT molecular complexity index is 1090. The highest BCUT2D eigenvalue weighted by Gasteiger charge is 2.30. The first kappa shape index (κ1) is 21.4. The van der Waals surface area contributed by atoms with Crippen LogP contribution in [0.4, 0.5) is 11.4 Å². The molecule has 9 nitrogen and oxygen atoms in total. The number of rotatable bonds is 6. The molecule has 1 saturated carbocycles. The summed E-state index contributed by atoms with van der Waals surface area (Å²) < 4.78 is 29.8. The number of esters is 1. The van der Waals surface area contributed by atoms with Crippen molar-refractivity contribution >= 4 is 33.1 Å². The predicted octanol–water partition coefficient (Wildman–Crippen LogP) is 3.35. The number of nitro benzene ring substituents is 1. The molecule has 0 heterocycles. The van der Waals surface area contributed by atoms with E-state index >= 15 is 0 Å². The van der Waals surface area contributed by atoms with Gasteiger partial charge in [0.1, 0.15) is 0 Å². The van der Waals surface area contributed by atoms with Gasteiger partial charge in [-0.25, -0.2) is 13.2 Å². The van der Waals surface area contributed by atoms with Gasteiger partial charge in [-0.15, -0.1) is 0 Å². The first-order valence-electron chi connectivity index (χ1n) is 9.25. The monoisotopic (exact) mass is 432 g/mol. The maximum atomic E-state index is 12.6. The number of methoxy groups -OCH3 is 1. The molecule has 0 saturated heterocycles. The third-order valence-corrected chi connectivity index (χ3v) is 7.27. The molecular formula is C20H20N2O7S. The summed E-state index contributed by atoms with van der Waals surface area (Å²) in [6.45, 7) is 0. The molecule has 0 unspecified atom stereocenters. The molecule has 10 heteroatoms. The second-order valence-electron chi connectivity index (χ2n) is 6.95. The lowest BCUT2D eigenvalue weighted by Gasteiger charge is -2.12. The summed E-state index contributed by atoms with van der Waals surface area (Å²) in [5.74, 6) is -1.50. The minimum absolute atomic E-state index is 0.104. The number of nitro groups is 1. The van der Waals surface area contributed by atoms with Crippen LogP contribution in [0.15, 0.2) is 47.4 Å². The van der Waals surface area contributed by atoms with Gasteiger partial charge in [-0.1, -0.05) is 12.8 Å².